The number of ether oxygens (including phenoxy) is 1. The molecule has 3 aromatic carbocycles. The first-order valence-corrected chi connectivity index (χ1v) is 14.6. The van der Waals surface area contributed by atoms with Crippen LogP contribution in [-0.2, 0) is 32.6 Å². The topological polar surface area (TPSA) is 96.0 Å². The zero-order chi connectivity index (χ0) is 28.6. The van der Waals surface area contributed by atoms with E-state index < -0.39 is 28.5 Å². The number of hydrogen-bond donors (Lipinski definition) is 1. The Morgan fingerprint density at radius 3 is 2.23 bits per heavy atom. The molecular formula is C30H37N3O5S. The van der Waals surface area contributed by atoms with Gasteiger partial charge in [-0.15, -0.1) is 0 Å². The van der Waals surface area contributed by atoms with Gasteiger partial charge in [0, 0.05) is 25.1 Å². The zero-order valence-corrected chi connectivity index (χ0v) is 23.9. The molecule has 1 unspecified atom stereocenters. The molecule has 1 N–H and O–H groups in total. The molecule has 0 spiro atoms. The van der Waals surface area contributed by atoms with Crippen LogP contribution in [0.3, 0.4) is 0 Å². The van der Waals surface area contributed by atoms with Crippen molar-refractivity contribution in [3.8, 4) is 5.75 Å². The first-order valence-electron chi connectivity index (χ1n) is 12.8. The Labute approximate surface area is 231 Å². The van der Waals surface area contributed by atoms with Crippen molar-refractivity contribution < 1.29 is 22.7 Å². The zero-order valence-electron chi connectivity index (χ0n) is 23.1. The number of sulfonamides is 1. The number of amides is 2. The van der Waals surface area contributed by atoms with Gasteiger partial charge in [0.2, 0.25) is 21.8 Å². The van der Waals surface area contributed by atoms with E-state index in [2.05, 4.69) is 5.32 Å². The third kappa shape index (κ3) is 8.32. The van der Waals surface area contributed by atoms with Gasteiger partial charge < -0.3 is 15.0 Å². The third-order valence-corrected chi connectivity index (χ3v) is 7.47. The summed E-state index contributed by atoms with van der Waals surface area (Å²) >= 11 is 0. The van der Waals surface area contributed by atoms with Crippen LogP contribution in [0.25, 0.3) is 0 Å². The maximum absolute atomic E-state index is 14.1. The molecule has 1 atom stereocenters. The van der Waals surface area contributed by atoms with E-state index in [4.69, 9.17) is 4.74 Å². The van der Waals surface area contributed by atoms with Crippen molar-refractivity contribution >= 4 is 27.5 Å². The van der Waals surface area contributed by atoms with Crippen molar-refractivity contribution in [3.63, 3.8) is 0 Å². The molecule has 2 amide bonds. The fraction of sp³-hybridized carbons (Fsp3) is 0.333. The van der Waals surface area contributed by atoms with Crippen LogP contribution in [-0.4, -0.2) is 57.1 Å². The lowest BCUT2D eigenvalue weighted by atomic mass is 10.0. The average Bonchev–Trinajstić information content (AvgIpc) is 2.89. The first-order chi connectivity index (χ1) is 18.5. The van der Waals surface area contributed by atoms with Gasteiger partial charge >= 0.3 is 0 Å². The minimum atomic E-state index is -3.85. The lowest BCUT2D eigenvalue weighted by molar-refractivity contribution is -0.140. The van der Waals surface area contributed by atoms with Crippen molar-refractivity contribution in [1.82, 2.24) is 10.2 Å². The summed E-state index contributed by atoms with van der Waals surface area (Å²) in [5, 5.41) is 2.95. The highest BCUT2D eigenvalue weighted by molar-refractivity contribution is 7.92. The summed E-state index contributed by atoms with van der Waals surface area (Å²) in [5.41, 5.74) is 3.02. The van der Waals surface area contributed by atoms with E-state index in [-0.39, 0.29) is 24.9 Å². The number of benzene rings is 3. The van der Waals surface area contributed by atoms with Crippen molar-refractivity contribution in [3.05, 3.63) is 95.6 Å². The number of rotatable bonds is 12. The van der Waals surface area contributed by atoms with Crippen LogP contribution in [0.1, 0.15) is 30.5 Å². The highest BCUT2D eigenvalue weighted by Gasteiger charge is 2.33. The van der Waals surface area contributed by atoms with Gasteiger partial charge in [0.25, 0.3) is 0 Å². The van der Waals surface area contributed by atoms with Crippen LogP contribution in [0.5, 0.6) is 5.75 Å². The smallest absolute Gasteiger partial charge is 0.244 e. The van der Waals surface area contributed by atoms with Gasteiger partial charge in [-0.05, 0) is 49.6 Å². The van der Waals surface area contributed by atoms with Crippen molar-refractivity contribution in [2.75, 3.05) is 24.2 Å². The van der Waals surface area contributed by atoms with Gasteiger partial charge in [0.05, 0.1) is 19.1 Å². The third-order valence-electron chi connectivity index (χ3n) is 6.32. The van der Waals surface area contributed by atoms with E-state index >= 15 is 0 Å². The fourth-order valence-corrected chi connectivity index (χ4v) is 5.13. The van der Waals surface area contributed by atoms with Crippen molar-refractivity contribution in [2.24, 2.45) is 0 Å². The van der Waals surface area contributed by atoms with E-state index in [1.54, 1.807) is 24.3 Å². The molecule has 8 nitrogen and oxygen atoms in total. The van der Waals surface area contributed by atoms with Crippen LogP contribution >= 0.6 is 0 Å². The van der Waals surface area contributed by atoms with Crippen molar-refractivity contribution in [2.45, 2.75) is 45.8 Å². The number of nitrogens with one attached hydrogen (secondary N) is 1. The van der Waals surface area contributed by atoms with Gasteiger partial charge in [-0.1, -0.05) is 60.7 Å². The number of hydrogen-bond acceptors (Lipinski definition) is 5. The summed E-state index contributed by atoms with van der Waals surface area (Å²) in [6.07, 6.45) is 1.33. The largest absolute Gasteiger partial charge is 0.497 e. The van der Waals surface area contributed by atoms with Crippen molar-refractivity contribution in [1.29, 1.82) is 0 Å². The second-order valence-corrected chi connectivity index (χ2v) is 11.7. The van der Waals surface area contributed by atoms with Gasteiger partial charge in [-0.25, -0.2) is 8.42 Å². The van der Waals surface area contributed by atoms with E-state index in [1.165, 1.54) is 12.0 Å². The monoisotopic (exact) mass is 551 g/mol. The summed E-state index contributed by atoms with van der Waals surface area (Å²) in [6.45, 7) is 5.33. The number of methoxy groups -OCH3 is 1. The Hall–Kier alpha value is -3.85. The maximum atomic E-state index is 14.1. The first kappa shape index (κ1) is 29.7. The molecule has 0 aromatic heterocycles. The SMILES string of the molecule is COc1cccc(N(CC(=O)N(Cc2ccccc2C)C(Cc2ccccc2)C(=O)NC(C)C)S(C)(=O)=O)c1. The van der Waals surface area contributed by atoms with Gasteiger partial charge in [0.15, 0.2) is 0 Å². The molecule has 0 aliphatic heterocycles. The molecular weight excluding hydrogens is 514 g/mol. The number of carbonyl (C=O) groups is 2. The van der Waals surface area contributed by atoms with E-state index in [1.807, 2.05) is 75.4 Å². The van der Waals surface area contributed by atoms with E-state index in [0.29, 0.717) is 11.4 Å². The number of nitrogens with zero attached hydrogens (tertiary/aromatic N) is 2. The van der Waals surface area contributed by atoms with Gasteiger partial charge in [-0.3, -0.25) is 13.9 Å². The van der Waals surface area contributed by atoms with Crippen LogP contribution in [0, 0.1) is 6.92 Å². The van der Waals surface area contributed by atoms with Crippen LogP contribution in [0.2, 0.25) is 0 Å². The molecule has 0 saturated heterocycles. The quantitative estimate of drug-likeness (QED) is 0.368. The van der Waals surface area contributed by atoms with Crippen LogP contribution < -0.4 is 14.4 Å². The molecule has 208 valence electrons. The minimum Gasteiger partial charge on any atom is -0.497 e. The lowest BCUT2D eigenvalue weighted by Crippen LogP contribution is -2.54. The standard InChI is InChI=1S/C30H37N3O5S/c1-22(2)31-30(35)28(18-24-13-7-6-8-14-24)32(20-25-15-10-9-12-23(25)3)29(34)21-33(39(5,36)37)26-16-11-17-27(19-26)38-4/h6-17,19,22,28H,18,20-21H2,1-5H3,(H,31,35). The lowest BCUT2D eigenvalue weighted by Gasteiger charge is -2.34. The molecule has 0 bridgehead atoms. The highest BCUT2D eigenvalue weighted by atomic mass is 32.2. The molecule has 9 heteroatoms. The highest BCUT2D eigenvalue weighted by Crippen LogP contribution is 2.24. The predicted molar refractivity (Wildman–Crippen MR) is 154 cm³/mol. The molecule has 0 aliphatic carbocycles. The predicted octanol–water partition coefficient (Wildman–Crippen LogP) is 3.93. The van der Waals surface area contributed by atoms with Crippen LogP contribution in [0.15, 0.2) is 78.9 Å². The molecule has 0 heterocycles. The summed E-state index contributed by atoms with van der Waals surface area (Å²) in [5.74, 6) is -0.335. The Kier molecular flexibility index (Phi) is 10.1. The Balaban J connectivity index is 2.07. The molecule has 39 heavy (non-hydrogen) atoms. The molecule has 0 radical (unpaired) electrons. The Morgan fingerprint density at radius 1 is 0.949 bits per heavy atom. The molecule has 0 aliphatic rings. The minimum absolute atomic E-state index is 0.143. The Bertz CT molecular complexity index is 1380. The van der Waals surface area contributed by atoms with Gasteiger partial charge in [0.1, 0.15) is 18.3 Å². The number of aryl methyl sites for hydroxylation is 1. The van der Waals surface area contributed by atoms with Gasteiger partial charge in [-0.2, -0.15) is 0 Å². The second-order valence-electron chi connectivity index (χ2n) is 9.79. The molecule has 0 fully saturated rings. The second kappa shape index (κ2) is 13.3. The summed E-state index contributed by atoms with van der Waals surface area (Å²) in [7, 11) is -2.36. The maximum Gasteiger partial charge on any atom is 0.244 e. The fourth-order valence-electron chi connectivity index (χ4n) is 4.28. The summed E-state index contributed by atoms with van der Waals surface area (Å²) in [4.78, 5) is 29.1. The van der Waals surface area contributed by atoms with E-state index in [9.17, 15) is 18.0 Å². The molecule has 0 saturated carbocycles. The van der Waals surface area contributed by atoms with Crippen LogP contribution in [0.4, 0.5) is 5.69 Å². The normalized spacial score (nSPS) is 12.1. The molecule has 3 rings (SSSR count). The summed E-state index contributed by atoms with van der Waals surface area (Å²) < 4.78 is 32.1. The molecule has 3 aromatic rings. The number of anilines is 1. The Morgan fingerprint density at radius 2 is 1.62 bits per heavy atom. The average molecular weight is 552 g/mol. The van der Waals surface area contributed by atoms with E-state index in [0.717, 1.165) is 27.3 Å². The summed E-state index contributed by atoms with van der Waals surface area (Å²) in [6, 6.07) is 22.6. The number of carbonyl (C=O) groups excluding carboxylic acids is 2.